The van der Waals surface area contributed by atoms with Crippen LogP contribution in [0.25, 0.3) is 11.0 Å². The van der Waals surface area contributed by atoms with Crippen molar-refractivity contribution in [3.05, 3.63) is 34.2 Å². The molecule has 1 aliphatic carbocycles. The van der Waals surface area contributed by atoms with E-state index in [2.05, 4.69) is 4.98 Å². The molecule has 1 aliphatic rings. The fourth-order valence-corrected chi connectivity index (χ4v) is 3.58. The predicted octanol–water partition coefficient (Wildman–Crippen LogP) is 2.24. The Morgan fingerprint density at radius 2 is 2.04 bits per heavy atom. The number of aromatic nitrogens is 2. The van der Waals surface area contributed by atoms with Crippen molar-refractivity contribution in [1.82, 2.24) is 14.5 Å². The Bertz CT molecular complexity index is 861. The van der Waals surface area contributed by atoms with Gasteiger partial charge >= 0.3 is 11.7 Å². The number of nitrogens with one attached hydrogen (secondary N) is 1. The van der Waals surface area contributed by atoms with Crippen molar-refractivity contribution in [1.29, 1.82) is 0 Å². The number of benzene rings is 1. The minimum atomic E-state index is -0.937. The summed E-state index contributed by atoms with van der Waals surface area (Å²) in [4.78, 5) is 40.0. The SMILES string of the molecule is CC(CN(C)C(=O)c1ccc2c(c1)[nH]c(=O)n2C1CCCC1)C(=O)O. The fourth-order valence-electron chi connectivity index (χ4n) is 3.58. The average Bonchev–Trinajstić information content (AvgIpc) is 3.19. The molecule has 0 aliphatic heterocycles. The number of aromatic amines is 1. The maximum absolute atomic E-state index is 12.5. The number of carboxylic acid groups (broad SMARTS) is 1. The number of carbonyl (C=O) groups excluding carboxylic acids is 1. The average molecular weight is 345 g/mol. The number of hydrogen-bond donors (Lipinski definition) is 2. The highest BCUT2D eigenvalue weighted by atomic mass is 16.4. The molecule has 1 amide bonds. The lowest BCUT2D eigenvalue weighted by molar-refractivity contribution is -0.141. The molecule has 1 aromatic heterocycles. The predicted molar refractivity (Wildman–Crippen MR) is 93.8 cm³/mol. The number of aliphatic carboxylic acids is 1. The van der Waals surface area contributed by atoms with Gasteiger partial charge in [0.1, 0.15) is 0 Å². The summed E-state index contributed by atoms with van der Waals surface area (Å²) in [5, 5.41) is 8.98. The van der Waals surface area contributed by atoms with Crippen molar-refractivity contribution in [2.45, 2.75) is 38.6 Å². The van der Waals surface area contributed by atoms with E-state index in [1.54, 1.807) is 36.7 Å². The Balaban J connectivity index is 1.87. The zero-order valence-electron chi connectivity index (χ0n) is 14.5. The number of H-pyrrole nitrogens is 1. The van der Waals surface area contributed by atoms with E-state index in [0.29, 0.717) is 11.1 Å². The lowest BCUT2D eigenvalue weighted by Gasteiger charge is -2.19. The van der Waals surface area contributed by atoms with Crippen LogP contribution in [-0.4, -0.2) is 45.0 Å². The summed E-state index contributed by atoms with van der Waals surface area (Å²) in [6.45, 7) is 1.69. The van der Waals surface area contributed by atoms with Crippen LogP contribution in [0.2, 0.25) is 0 Å². The first-order chi connectivity index (χ1) is 11.9. The van der Waals surface area contributed by atoms with Crippen LogP contribution in [0.4, 0.5) is 0 Å². The molecular formula is C18H23N3O4. The lowest BCUT2D eigenvalue weighted by atomic mass is 10.1. The van der Waals surface area contributed by atoms with Gasteiger partial charge in [-0.15, -0.1) is 0 Å². The normalized spacial score (nSPS) is 16.2. The van der Waals surface area contributed by atoms with Gasteiger partial charge in [-0.25, -0.2) is 4.79 Å². The van der Waals surface area contributed by atoms with E-state index in [1.165, 1.54) is 4.90 Å². The van der Waals surface area contributed by atoms with Crippen LogP contribution >= 0.6 is 0 Å². The lowest BCUT2D eigenvalue weighted by Crippen LogP contribution is -2.33. The quantitative estimate of drug-likeness (QED) is 0.869. The first-order valence-corrected chi connectivity index (χ1v) is 8.61. The molecule has 2 N–H and O–H groups in total. The van der Waals surface area contributed by atoms with Gasteiger partial charge < -0.3 is 15.0 Å². The Hall–Kier alpha value is -2.57. The second-order valence-electron chi connectivity index (χ2n) is 6.90. The van der Waals surface area contributed by atoms with E-state index in [-0.39, 0.29) is 24.2 Å². The smallest absolute Gasteiger partial charge is 0.326 e. The minimum absolute atomic E-state index is 0.131. The largest absolute Gasteiger partial charge is 0.481 e. The van der Waals surface area contributed by atoms with Gasteiger partial charge in [0, 0.05) is 25.2 Å². The first kappa shape index (κ1) is 17.3. The summed E-state index contributed by atoms with van der Waals surface area (Å²) in [6.07, 6.45) is 4.27. The molecule has 1 heterocycles. The summed E-state index contributed by atoms with van der Waals surface area (Å²) in [7, 11) is 1.58. The molecule has 1 unspecified atom stereocenters. The van der Waals surface area contributed by atoms with Crippen LogP contribution in [-0.2, 0) is 4.79 Å². The molecule has 0 bridgehead atoms. The van der Waals surface area contributed by atoms with Crippen molar-refractivity contribution in [3.63, 3.8) is 0 Å². The molecule has 134 valence electrons. The van der Waals surface area contributed by atoms with Gasteiger partial charge in [-0.3, -0.25) is 14.2 Å². The summed E-state index contributed by atoms with van der Waals surface area (Å²) in [6, 6.07) is 5.40. The Labute approximate surface area is 145 Å². The number of hydrogen-bond acceptors (Lipinski definition) is 3. The summed E-state index contributed by atoms with van der Waals surface area (Å²) >= 11 is 0. The zero-order chi connectivity index (χ0) is 18.1. The van der Waals surface area contributed by atoms with Crippen molar-refractivity contribution in [3.8, 4) is 0 Å². The van der Waals surface area contributed by atoms with E-state index < -0.39 is 11.9 Å². The maximum Gasteiger partial charge on any atom is 0.326 e. The monoisotopic (exact) mass is 345 g/mol. The van der Waals surface area contributed by atoms with E-state index in [9.17, 15) is 14.4 Å². The molecule has 1 saturated carbocycles. The summed E-state index contributed by atoms with van der Waals surface area (Å²) in [5.74, 6) is -1.83. The van der Waals surface area contributed by atoms with Crippen molar-refractivity contribution < 1.29 is 14.7 Å². The van der Waals surface area contributed by atoms with Crippen LogP contribution < -0.4 is 5.69 Å². The van der Waals surface area contributed by atoms with Crippen molar-refractivity contribution >= 4 is 22.9 Å². The number of imidazole rings is 1. The highest BCUT2D eigenvalue weighted by molar-refractivity contribution is 5.97. The minimum Gasteiger partial charge on any atom is -0.481 e. The van der Waals surface area contributed by atoms with Gasteiger partial charge in [-0.05, 0) is 31.0 Å². The Morgan fingerprint density at radius 3 is 2.68 bits per heavy atom. The van der Waals surface area contributed by atoms with Crippen LogP contribution in [0.3, 0.4) is 0 Å². The van der Waals surface area contributed by atoms with E-state index in [1.807, 2.05) is 0 Å². The van der Waals surface area contributed by atoms with Gasteiger partial charge in [0.2, 0.25) is 0 Å². The maximum atomic E-state index is 12.5. The third-order valence-corrected chi connectivity index (χ3v) is 4.97. The topological polar surface area (TPSA) is 95.4 Å². The Morgan fingerprint density at radius 1 is 1.36 bits per heavy atom. The molecule has 0 saturated heterocycles. The number of amides is 1. The molecule has 1 atom stereocenters. The summed E-state index contributed by atoms with van der Waals surface area (Å²) in [5.41, 5.74) is 1.75. The number of rotatable bonds is 5. The molecule has 1 aromatic carbocycles. The second-order valence-corrected chi connectivity index (χ2v) is 6.90. The molecule has 2 aromatic rings. The van der Waals surface area contributed by atoms with Crippen LogP contribution in [0, 0.1) is 5.92 Å². The number of carbonyl (C=O) groups is 2. The molecule has 25 heavy (non-hydrogen) atoms. The van der Waals surface area contributed by atoms with E-state index in [0.717, 1.165) is 31.2 Å². The molecule has 7 heteroatoms. The highest BCUT2D eigenvalue weighted by Crippen LogP contribution is 2.30. The van der Waals surface area contributed by atoms with E-state index >= 15 is 0 Å². The van der Waals surface area contributed by atoms with Crippen molar-refractivity contribution in [2.75, 3.05) is 13.6 Å². The van der Waals surface area contributed by atoms with Gasteiger partial charge in [-0.1, -0.05) is 19.8 Å². The zero-order valence-corrected chi connectivity index (χ0v) is 14.5. The Kier molecular flexibility index (Phi) is 4.65. The third-order valence-electron chi connectivity index (χ3n) is 4.97. The van der Waals surface area contributed by atoms with Gasteiger partial charge in [0.15, 0.2) is 0 Å². The number of fused-ring (bicyclic) bond motifs is 1. The first-order valence-electron chi connectivity index (χ1n) is 8.61. The van der Waals surface area contributed by atoms with Crippen LogP contribution in [0.1, 0.15) is 49.0 Å². The molecule has 3 rings (SSSR count). The third kappa shape index (κ3) is 3.31. The summed E-state index contributed by atoms with van der Waals surface area (Å²) < 4.78 is 1.80. The van der Waals surface area contributed by atoms with Crippen LogP contribution in [0.15, 0.2) is 23.0 Å². The molecule has 0 radical (unpaired) electrons. The van der Waals surface area contributed by atoms with Gasteiger partial charge in [0.05, 0.1) is 17.0 Å². The fraction of sp³-hybridized carbons (Fsp3) is 0.500. The van der Waals surface area contributed by atoms with E-state index in [4.69, 9.17) is 5.11 Å². The molecule has 7 nitrogen and oxygen atoms in total. The highest BCUT2D eigenvalue weighted by Gasteiger charge is 2.23. The second kappa shape index (κ2) is 6.74. The molecule has 0 spiro atoms. The van der Waals surface area contributed by atoms with Gasteiger partial charge in [0.25, 0.3) is 5.91 Å². The van der Waals surface area contributed by atoms with Gasteiger partial charge in [-0.2, -0.15) is 0 Å². The number of carboxylic acids is 1. The molecule has 1 fully saturated rings. The standard InChI is InChI=1S/C18H23N3O4/c1-11(17(23)24)10-20(2)16(22)12-7-8-15-14(9-12)19-18(25)21(15)13-5-3-4-6-13/h7-9,11,13H,3-6,10H2,1-2H3,(H,19,25)(H,23,24). The number of nitrogens with zero attached hydrogens (tertiary/aromatic N) is 2. The molecular weight excluding hydrogens is 322 g/mol. The van der Waals surface area contributed by atoms with Crippen molar-refractivity contribution in [2.24, 2.45) is 5.92 Å². The van der Waals surface area contributed by atoms with Crippen LogP contribution in [0.5, 0.6) is 0 Å².